The molecule has 2 rings (SSSR count). The Kier molecular flexibility index (Phi) is 3.95. The van der Waals surface area contributed by atoms with E-state index in [9.17, 15) is 0 Å². The highest BCUT2D eigenvalue weighted by Gasteiger charge is 2.13. The molecule has 3 nitrogen and oxygen atoms in total. The predicted octanol–water partition coefficient (Wildman–Crippen LogP) is 2.64. The number of benzene rings is 1. The van der Waals surface area contributed by atoms with Gasteiger partial charge in [-0.25, -0.2) is 4.98 Å². The molecule has 1 aromatic heterocycles. The molecule has 0 saturated heterocycles. The summed E-state index contributed by atoms with van der Waals surface area (Å²) in [7, 11) is 1.62. The fraction of sp³-hybridized carbons (Fsp3) is 0.267. The van der Waals surface area contributed by atoms with Crippen molar-refractivity contribution < 1.29 is 4.74 Å². The first-order valence-electron chi connectivity index (χ1n) is 6.01. The van der Waals surface area contributed by atoms with Crippen LogP contribution in [0.1, 0.15) is 22.7 Å². The van der Waals surface area contributed by atoms with Crippen LogP contribution in [-0.2, 0) is 6.42 Å². The van der Waals surface area contributed by atoms with Crippen molar-refractivity contribution in [2.75, 3.05) is 7.11 Å². The van der Waals surface area contributed by atoms with Crippen LogP contribution in [0.2, 0.25) is 0 Å². The fourth-order valence-electron chi connectivity index (χ4n) is 2.04. The van der Waals surface area contributed by atoms with E-state index in [-0.39, 0.29) is 6.04 Å². The van der Waals surface area contributed by atoms with Crippen LogP contribution in [0.15, 0.2) is 42.6 Å². The Morgan fingerprint density at radius 1 is 1.22 bits per heavy atom. The van der Waals surface area contributed by atoms with Gasteiger partial charge in [-0.3, -0.25) is 0 Å². The summed E-state index contributed by atoms with van der Waals surface area (Å²) < 4.78 is 5.24. The Morgan fingerprint density at radius 3 is 2.72 bits per heavy atom. The monoisotopic (exact) mass is 242 g/mol. The SMILES string of the molecule is COc1ncccc1C(N)Cc1ccccc1C. The minimum atomic E-state index is -0.102. The molecule has 0 saturated carbocycles. The van der Waals surface area contributed by atoms with Gasteiger partial charge in [0.25, 0.3) is 0 Å². The number of ether oxygens (including phenoxy) is 1. The van der Waals surface area contributed by atoms with Crippen molar-refractivity contribution in [3.05, 3.63) is 59.3 Å². The zero-order chi connectivity index (χ0) is 13.0. The van der Waals surface area contributed by atoms with Gasteiger partial charge in [0.15, 0.2) is 0 Å². The highest BCUT2D eigenvalue weighted by atomic mass is 16.5. The number of hydrogen-bond donors (Lipinski definition) is 1. The molecule has 1 atom stereocenters. The van der Waals surface area contributed by atoms with Crippen LogP contribution >= 0.6 is 0 Å². The summed E-state index contributed by atoms with van der Waals surface area (Å²) in [5, 5.41) is 0. The quantitative estimate of drug-likeness (QED) is 0.896. The molecular formula is C15H18N2O. The van der Waals surface area contributed by atoms with E-state index in [0.29, 0.717) is 5.88 Å². The van der Waals surface area contributed by atoms with E-state index in [0.717, 1.165) is 12.0 Å². The zero-order valence-electron chi connectivity index (χ0n) is 10.8. The van der Waals surface area contributed by atoms with Gasteiger partial charge >= 0.3 is 0 Å². The largest absolute Gasteiger partial charge is 0.481 e. The van der Waals surface area contributed by atoms with Gasteiger partial charge in [-0.05, 0) is 30.5 Å². The van der Waals surface area contributed by atoms with Crippen molar-refractivity contribution in [2.24, 2.45) is 5.73 Å². The van der Waals surface area contributed by atoms with Gasteiger partial charge in [-0.2, -0.15) is 0 Å². The van der Waals surface area contributed by atoms with E-state index in [2.05, 4.69) is 24.0 Å². The van der Waals surface area contributed by atoms with Crippen LogP contribution in [0.4, 0.5) is 0 Å². The third-order valence-electron chi connectivity index (χ3n) is 3.09. The normalized spacial score (nSPS) is 12.2. The van der Waals surface area contributed by atoms with E-state index < -0.39 is 0 Å². The number of hydrogen-bond acceptors (Lipinski definition) is 3. The number of nitrogens with two attached hydrogens (primary N) is 1. The minimum absolute atomic E-state index is 0.102. The smallest absolute Gasteiger partial charge is 0.217 e. The van der Waals surface area contributed by atoms with Crippen LogP contribution in [0.5, 0.6) is 5.88 Å². The van der Waals surface area contributed by atoms with Crippen LogP contribution in [-0.4, -0.2) is 12.1 Å². The van der Waals surface area contributed by atoms with Crippen molar-refractivity contribution >= 4 is 0 Å². The fourth-order valence-corrected chi connectivity index (χ4v) is 2.04. The van der Waals surface area contributed by atoms with Crippen LogP contribution in [0.25, 0.3) is 0 Å². The van der Waals surface area contributed by atoms with Gasteiger partial charge in [0.05, 0.1) is 7.11 Å². The Bertz CT molecular complexity index is 525. The van der Waals surface area contributed by atoms with Crippen LogP contribution < -0.4 is 10.5 Å². The van der Waals surface area contributed by atoms with Gasteiger partial charge in [-0.15, -0.1) is 0 Å². The van der Waals surface area contributed by atoms with Crippen molar-refractivity contribution in [3.8, 4) is 5.88 Å². The molecule has 1 heterocycles. The summed E-state index contributed by atoms with van der Waals surface area (Å²) in [5.74, 6) is 0.610. The maximum Gasteiger partial charge on any atom is 0.217 e. The summed E-state index contributed by atoms with van der Waals surface area (Å²) in [6, 6.07) is 12.0. The molecule has 94 valence electrons. The second kappa shape index (κ2) is 5.65. The molecule has 0 radical (unpaired) electrons. The Hall–Kier alpha value is -1.87. The highest BCUT2D eigenvalue weighted by Crippen LogP contribution is 2.24. The number of pyridine rings is 1. The lowest BCUT2D eigenvalue weighted by Crippen LogP contribution is -2.15. The molecule has 1 unspecified atom stereocenters. The van der Waals surface area contributed by atoms with Crippen LogP contribution in [0, 0.1) is 6.92 Å². The van der Waals surface area contributed by atoms with E-state index in [1.165, 1.54) is 11.1 Å². The molecule has 0 aliphatic carbocycles. The Balaban J connectivity index is 2.22. The summed E-state index contributed by atoms with van der Waals surface area (Å²) in [6.45, 7) is 2.10. The number of aromatic nitrogens is 1. The molecule has 18 heavy (non-hydrogen) atoms. The number of aryl methyl sites for hydroxylation is 1. The van der Waals surface area contributed by atoms with E-state index in [1.54, 1.807) is 13.3 Å². The predicted molar refractivity (Wildman–Crippen MR) is 72.6 cm³/mol. The zero-order valence-corrected chi connectivity index (χ0v) is 10.8. The molecule has 0 spiro atoms. The van der Waals surface area contributed by atoms with E-state index >= 15 is 0 Å². The third-order valence-corrected chi connectivity index (χ3v) is 3.09. The molecule has 0 bridgehead atoms. The molecule has 0 aliphatic rings. The van der Waals surface area contributed by atoms with Crippen molar-refractivity contribution in [1.29, 1.82) is 0 Å². The van der Waals surface area contributed by atoms with Gasteiger partial charge < -0.3 is 10.5 Å². The Labute approximate surface area is 108 Å². The average Bonchev–Trinajstić information content (AvgIpc) is 2.41. The second-order valence-corrected chi connectivity index (χ2v) is 4.34. The lowest BCUT2D eigenvalue weighted by Gasteiger charge is -2.15. The molecule has 2 N–H and O–H groups in total. The maximum absolute atomic E-state index is 6.25. The van der Waals surface area contributed by atoms with Gasteiger partial charge in [0.1, 0.15) is 0 Å². The lowest BCUT2D eigenvalue weighted by molar-refractivity contribution is 0.388. The number of rotatable bonds is 4. The molecular weight excluding hydrogens is 224 g/mol. The van der Waals surface area contributed by atoms with Gasteiger partial charge in [-0.1, -0.05) is 30.3 Å². The standard InChI is InChI=1S/C15H18N2O/c1-11-6-3-4-7-12(11)10-14(16)13-8-5-9-17-15(13)18-2/h3-9,14H,10,16H2,1-2H3. The van der Waals surface area contributed by atoms with E-state index in [1.807, 2.05) is 24.3 Å². The third kappa shape index (κ3) is 2.68. The number of nitrogens with zero attached hydrogens (tertiary/aromatic N) is 1. The highest BCUT2D eigenvalue weighted by molar-refractivity contribution is 5.32. The molecule has 2 aromatic rings. The molecule has 3 heteroatoms. The molecule has 0 amide bonds. The summed E-state index contributed by atoms with van der Waals surface area (Å²) in [4.78, 5) is 4.18. The topological polar surface area (TPSA) is 48.1 Å². The summed E-state index contributed by atoms with van der Waals surface area (Å²) in [6.07, 6.45) is 2.50. The summed E-state index contributed by atoms with van der Waals surface area (Å²) >= 11 is 0. The first kappa shape index (κ1) is 12.6. The minimum Gasteiger partial charge on any atom is -0.481 e. The first-order chi connectivity index (χ1) is 8.72. The Morgan fingerprint density at radius 2 is 2.00 bits per heavy atom. The van der Waals surface area contributed by atoms with Gasteiger partial charge in [0, 0.05) is 17.8 Å². The molecule has 0 fully saturated rings. The first-order valence-corrected chi connectivity index (χ1v) is 6.01. The second-order valence-electron chi connectivity index (χ2n) is 4.34. The van der Waals surface area contributed by atoms with Crippen LogP contribution in [0.3, 0.4) is 0 Å². The molecule has 0 aliphatic heterocycles. The lowest BCUT2D eigenvalue weighted by atomic mass is 9.97. The molecule has 1 aromatic carbocycles. The van der Waals surface area contributed by atoms with E-state index in [4.69, 9.17) is 10.5 Å². The average molecular weight is 242 g/mol. The van der Waals surface area contributed by atoms with Crippen molar-refractivity contribution in [3.63, 3.8) is 0 Å². The van der Waals surface area contributed by atoms with Gasteiger partial charge in [0.2, 0.25) is 5.88 Å². The maximum atomic E-state index is 6.25. The van der Waals surface area contributed by atoms with Crippen molar-refractivity contribution in [1.82, 2.24) is 4.98 Å². The summed E-state index contributed by atoms with van der Waals surface area (Å²) in [5.41, 5.74) is 9.72. The number of methoxy groups -OCH3 is 1. The van der Waals surface area contributed by atoms with Crippen molar-refractivity contribution in [2.45, 2.75) is 19.4 Å².